The van der Waals surface area contributed by atoms with Crippen LogP contribution in [-0.4, -0.2) is 74.3 Å². The number of rotatable bonds is 9. The molecule has 224 valence electrons. The predicted octanol–water partition coefficient (Wildman–Crippen LogP) is 6.37. The molecule has 0 saturated carbocycles. The number of aliphatic imine (C=N–C) groups is 1. The third-order valence-corrected chi connectivity index (χ3v) is 8.84. The molecule has 3 aliphatic rings. The van der Waals surface area contributed by atoms with E-state index in [1.54, 1.807) is 6.07 Å². The van der Waals surface area contributed by atoms with Gasteiger partial charge in [-0.2, -0.15) is 0 Å². The van der Waals surface area contributed by atoms with Crippen LogP contribution in [0.4, 0.5) is 14.7 Å². The number of fused-ring (bicyclic) bond motifs is 5. The molecule has 0 spiro atoms. The lowest BCUT2D eigenvalue weighted by Gasteiger charge is -2.35. The number of nitrogens with one attached hydrogen (secondary N) is 1. The molecule has 3 fully saturated rings. The van der Waals surface area contributed by atoms with Crippen LogP contribution in [-0.2, 0) is 0 Å². The minimum absolute atomic E-state index is 0.0110. The molecule has 0 aliphatic carbocycles. The Hall–Kier alpha value is -3.50. The van der Waals surface area contributed by atoms with Crippen LogP contribution in [0.25, 0.3) is 22.3 Å². The van der Waals surface area contributed by atoms with E-state index >= 15 is 4.39 Å². The van der Waals surface area contributed by atoms with Gasteiger partial charge in [-0.3, -0.25) is 9.80 Å². The predicted molar refractivity (Wildman–Crippen MR) is 166 cm³/mol. The Bertz CT molecular complexity index is 1520. The first-order valence-corrected chi connectivity index (χ1v) is 14.9. The number of hydrogen-bond donors (Lipinski definition) is 1. The first-order valence-electron chi connectivity index (χ1n) is 14.9. The molecule has 0 amide bonds. The van der Waals surface area contributed by atoms with Gasteiger partial charge in [0, 0.05) is 43.3 Å². The minimum Gasteiger partial charge on any atom is -0.326 e. The van der Waals surface area contributed by atoms with Crippen LogP contribution in [0, 0.1) is 24.5 Å². The molecule has 5 heterocycles. The van der Waals surface area contributed by atoms with Gasteiger partial charge in [0.15, 0.2) is 11.6 Å². The van der Waals surface area contributed by atoms with Crippen LogP contribution in [0.2, 0.25) is 0 Å². The summed E-state index contributed by atoms with van der Waals surface area (Å²) in [4.78, 5) is 22.2. The fourth-order valence-electron chi connectivity index (χ4n) is 6.49. The van der Waals surface area contributed by atoms with Gasteiger partial charge in [0.2, 0.25) is 5.95 Å². The molecule has 6 rings (SSSR count). The molecule has 2 aromatic heterocycles. The summed E-state index contributed by atoms with van der Waals surface area (Å²) in [6.07, 6.45) is 7.54. The summed E-state index contributed by atoms with van der Waals surface area (Å²) in [5.41, 5.74) is 2.35. The van der Waals surface area contributed by atoms with E-state index in [4.69, 9.17) is 0 Å². The number of piperidine rings is 1. The van der Waals surface area contributed by atoms with E-state index in [0.29, 0.717) is 28.8 Å². The van der Waals surface area contributed by atoms with Crippen molar-refractivity contribution in [2.24, 2.45) is 10.9 Å². The zero-order valence-electron chi connectivity index (χ0n) is 25.5. The fourth-order valence-corrected chi connectivity index (χ4v) is 6.49. The Morgan fingerprint density at radius 3 is 2.62 bits per heavy atom. The maximum atomic E-state index is 15.1. The second kappa shape index (κ2) is 12.4. The molecule has 10 heteroatoms. The molecule has 8 nitrogen and oxygen atoms in total. The molecule has 3 aromatic rings. The highest BCUT2D eigenvalue weighted by molar-refractivity contribution is 5.83. The molecule has 3 aliphatic heterocycles. The second-order valence-electron chi connectivity index (χ2n) is 11.9. The van der Waals surface area contributed by atoms with Crippen LogP contribution < -0.4 is 5.32 Å². The quantitative estimate of drug-likeness (QED) is 0.236. The van der Waals surface area contributed by atoms with Gasteiger partial charge >= 0.3 is 0 Å². The highest BCUT2D eigenvalue weighted by atomic mass is 19.1. The Morgan fingerprint density at radius 2 is 1.90 bits per heavy atom. The van der Waals surface area contributed by atoms with Crippen LogP contribution in [0.5, 0.6) is 0 Å². The number of allylic oxidation sites excluding steroid dienone is 2. The standard InChI is InChI=1S/C32H42F2N8/c1-8-40-16-23-10-11-25(40)18-41(17-23)21(5)20(4)9-12-29(35-7)38-32-36-15-27(34)30(39-32)24-13-26(33)31-28(14-24)42(19(2)3)22(6)37-31/h9,12-15,19,21,23,25H,7-8,10-11,16-18H2,1-6H3,(H,36,38,39)/b20-9+,29-12+/t21-,23-,25-/m0/s1. The molecule has 0 unspecified atom stereocenters. The summed E-state index contributed by atoms with van der Waals surface area (Å²) in [7, 11) is 0. The van der Waals surface area contributed by atoms with E-state index in [1.807, 2.05) is 37.5 Å². The SMILES string of the molecule is C=N/C(=C\C=C(/C)[C@H](C)N1C[C@H]2CC[C@@H](C1)N(CC)C2)Nc1ncc(F)c(-c2cc(F)c3nc(C)n(C(C)C)c3c2)n1. The number of likely N-dealkylation sites (N-methyl/N-ethyl adjacent to an activating group) is 1. The average Bonchev–Trinajstić information content (AvgIpc) is 3.09. The van der Waals surface area contributed by atoms with Crippen molar-refractivity contribution in [1.82, 2.24) is 29.3 Å². The lowest BCUT2D eigenvalue weighted by atomic mass is 9.95. The summed E-state index contributed by atoms with van der Waals surface area (Å²) < 4.78 is 32.0. The van der Waals surface area contributed by atoms with Crippen LogP contribution in [0.1, 0.15) is 59.3 Å². The number of nitrogens with zero attached hydrogens (tertiary/aromatic N) is 7. The van der Waals surface area contributed by atoms with Crippen LogP contribution >= 0.6 is 0 Å². The highest BCUT2D eigenvalue weighted by Crippen LogP contribution is 2.31. The van der Waals surface area contributed by atoms with Crippen molar-refractivity contribution in [2.75, 3.05) is 31.5 Å². The van der Waals surface area contributed by atoms with Crippen LogP contribution in [0.15, 0.2) is 46.9 Å². The number of halogens is 2. The summed E-state index contributed by atoms with van der Waals surface area (Å²) >= 11 is 0. The number of hydrogen-bond acceptors (Lipinski definition) is 7. The maximum Gasteiger partial charge on any atom is 0.229 e. The van der Waals surface area contributed by atoms with E-state index in [9.17, 15) is 4.39 Å². The molecule has 42 heavy (non-hydrogen) atoms. The van der Waals surface area contributed by atoms with Gasteiger partial charge in [-0.05, 0) is 84.8 Å². The summed E-state index contributed by atoms with van der Waals surface area (Å²) in [6.45, 7) is 20.7. The number of imidazole rings is 1. The Kier molecular flexibility index (Phi) is 8.84. The smallest absolute Gasteiger partial charge is 0.229 e. The fraction of sp³-hybridized carbons (Fsp3) is 0.500. The topological polar surface area (TPSA) is 74.5 Å². The third-order valence-electron chi connectivity index (χ3n) is 8.84. The van der Waals surface area contributed by atoms with Gasteiger partial charge in [-0.15, -0.1) is 0 Å². The van der Waals surface area contributed by atoms with Crippen molar-refractivity contribution in [1.29, 1.82) is 0 Å². The molecule has 3 atom stereocenters. The summed E-state index contributed by atoms with van der Waals surface area (Å²) in [5, 5.41) is 3.04. The number of aromatic nitrogens is 4. The first-order chi connectivity index (χ1) is 20.1. The number of benzene rings is 1. The van der Waals surface area contributed by atoms with Gasteiger partial charge in [0.1, 0.15) is 22.9 Å². The zero-order chi connectivity index (χ0) is 30.1. The maximum absolute atomic E-state index is 15.1. The van der Waals surface area contributed by atoms with Gasteiger partial charge < -0.3 is 9.88 Å². The first kappa shape index (κ1) is 30.0. The molecule has 2 bridgehead atoms. The van der Waals surface area contributed by atoms with E-state index < -0.39 is 11.6 Å². The van der Waals surface area contributed by atoms with E-state index in [-0.39, 0.29) is 29.2 Å². The van der Waals surface area contributed by atoms with Crippen molar-refractivity contribution in [3.8, 4) is 11.3 Å². The van der Waals surface area contributed by atoms with Crippen molar-refractivity contribution in [3.63, 3.8) is 0 Å². The van der Waals surface area contributed by atoms with Crippen molar-refractivity contribution in [2.45, 2.75) is 72.5 Å². The molecule has 3 saturated heterocycles. The summed E-state index contributed by atoms with van der Waals surface area (Å²) in [5.74, 6) is 0.804. The zero-order valence-corrected chi connectivity index (χ0v) is 25.5. The second-order valence-corrected chi connectivity index (χ2v) is 11.9. The van der Waals surface area contributed by atoms with Gasteiger partial charge in [0.05, 0.1) is 11.7 Å². The molecule has 1 N–H and O–H groups in total. The van der Waals surface area contributed by atoms with Crippen molar-refractivity contribution >= 4 is 23.7 Å². The molecular weight excluding hydrogens is 534 g/mol. The molecule has 1 aromatic carbocycles. The van der Waals surface area contributed by atoms with Crippen molar-refractivity contribution in [3.05, 3.63) is 59.3 Å². The molecular formula is C32H42F2N8. The Labute approximate surface area is 247 Å². The van der Waals surface area contributed by atoms with E-state index in [0.717, 1.165) is 31.7 Å². The Morgan fingerprint density at radius 1 is 1.12 bits per heavy atom. The van der Waals surface area contributed by atoms with Crippen molar-refractivity contribution < 1.29 is 8.78 Å². The Balaban J connectivity index is 1.36. The van der Waals surface area contributed by atoms with Crippen LogP contribution in [0.3, 0.4) is 0 Å². The van der Waals surface area contributed by atoms with Gasteiger partial charge in [-0.25, -0.2) is 28.7 Å². The normalized spacial score (nSPS) is 21.3. The molecule has 0 radical (unpaired) electrons. The largest absolute Gasteiger partial charge is 0.326 e. The minimum atomic E-state index is -0.652. The lowest BCUT2D eigenvalue weighted by molar-refractivity contribution is 0.137. The third kappa shape index (κ3) is 6.01. The van der Waals surface area contributed by atoms with E-state index in [2.05, 4.69) is 62.5 Å². The highest BCUT2D eigenvalue weighted by Gasteiger charge is 2.35. The average molecular weight is 577 g/mol. The monoisotopic (exact) mass is 576 g/mol. The van der Waals surface area contributed by atoms with Gasteiger partial charge in [0.25, 0.3) is 0 Å². The number of anilines is 1. The van der Waals surface area contributed by atoms with Gasteiger partial charge in [-0.1, -0.05) is 18.6 Å². The lowest BCUT2D eigenvalue weighted by Crippen LogP contribution is -2.44. The summed E-state index contributed by atoms with van der Waals surface area (Å²) in [6, 6.07) is 3.95. The van der Waals surface area contributed by atoms with E-state index in [1.165, 1.54) is 31.0 Å². The number of aryl methyl sites for hydroxylation is 1.